The summed E-state index contributed by atoms with van der Waals surface area (Å²) in [5.41, 5.74) is 1.19. The first-order valence-electron chi connectivity index (χ1n) is 7.77. The molecule has 2 nitrogen and oxygen atoms in total. The summed E-state index contributed by atoms with van der Waals surface area (Å²) < 4.78 is 0. The number of carbonyl (C=O) groups excluding carboxylic acids is 1. The van der Waals surface area contributed by atoms with Crippen LogP contribution in [0.1, 0.15) is 37.8 Å². The lowest BCUT2D eigenvalue weighted by Gasteiger charge is -2.31. The van der Waals surface area contributed by atoms with Crippen LogP contribution in [-0.2, 0) is 10.5 Å². The van der Waals surface area contributed by atoms with Gasteiger partial charge in [-0.3, -0.25) is 9.78 Å². The molecule has 3 heteroatoms. The molecule has 1 aromatic rings. The second kappa shape index (κ2) is 4.87. The summed E-state index contributed by atoms with van der Waals surface area (Å²) in [6.07, 6.45) is 8.33. The van der Waals surface area contributed by atoms with Gasteiger partial charge in [0.1, 0.15) is 5.78 Å². The second-order valence-electron chi connectivity index (χ2n) is 6.94. The molecule has 106 valence electrons. The van der Waals surface area contributed by atoms with E-state index in [0.717, 1.165) is 29.2 Å². The van der Waals surface area contributed by atoms with Crippen molar-refractivity contribution >= 4 is 17.5 Å². The fraction of sp³-hybridized carbons (Fsp3) is 0.647. The molecule has 0 saturated heterocycles. The SMILES string of the molecule is O=C(CSCc1ccccn1)C12CC3CC(CC1C3)C2. The molecular formula is C17H21NOS. The third-order valence-corrected chi connectivity index (χ3v) is 6.72. The van der Waals surface area contributed by atoms with Crippen molar-refractivity contribution < 1.29 is 4.79 Å². The molecule has 0 aromatic carbocycles. The maximum Gasteiger partial charge on any atom is 0.149 e. The summed E-state index contributed by atoms with van der Waals surface area (Å²) in [6.45, 7) is 0. The molecule has 4 saturated carbocycles. The molecule has 1 aromatic heterocycles. The van der Waals surface area contributed by atoms with E-state index in [-0.39, 0.29) is 5.41 Å². The first-order chi connectivity index (χ1) is 9.76. The second-order valence-corrected chi connectivity index (χ2v) is 7.92. The Morgan fingerprint density at radius 2 is 2.05 bits per heavy atom. The largest absolute Gasteiger partial charge is 0.298 e. The Morgan fingerprint density at radius 3 is 2.75 bits per heavy atom. The lowest BCUT2D eigenvalue weighted by molar-refractivity contribution is -0.127. The minimum atomic E-state index is 0.102. The number of nitrogens with zero attached hydrogens (tertiary/aromatic N) is 1. The van der Waals surface area contributed by atoms with E-state index in [4.69, 9.17) is 0 Å². The van der Waals surface area contributed by atoms with Gasteiger partial charge in [-0.25, -0.2) is 0 Å². The maximum atomic E-state index is 12.8. The number of hydrogen-bond donors (Lipinski definition) is 0. The van der Waals surface area contributed by atoms with Crippen molar-refractivity contribution in [3.05, 3.63) is 30.1 Å². The first-order valence-corrected chi connectivity index (χ1v) is 8.93. The Labute approximate surface area is 124 Å². The predicted molar refractivity (Wildman–Crippen MR) is 81.4 cm³/mol. The van der Waals surface area contributed by atoms with Crippen molar-refractivity contribution in [2.75, 3.05) is 5.75 Å². The van der Waals surface area contributed by atoms with Crippen LogP contribution in [0.5, 0.6) is 0 Å². The summed E-state index contributed by atoms with van der Waals surface area (Å²) in [6, 6.07) is 5.99. The van der Waals surface area contributed by atoms with Gasteiger partial charge in [0.25, 0.3) is 0 Å². The van der Waals surface area contributed by atoms with Gasteiger partial charge < -0.3 is 0 Å². The molecule has 1 heterocycles. The minimum Gasteiger partial charge on any atom is -0.298 e. The summed E-state index contributed by atoms with van der Waals surface area (Å²) in [5, 5.41) is 0. The highest BCUT2D eigenvalue weighted by atomic mass is 32.2. The molecule has 4 aliphatic rings. The van der Waals surface area contributed by atoms with Crippen LogP contribution in [0.25, 0.3) is 0 Å². The molecule has 0 aliphatic heterocycles. The normalized spacial score (nSPS) is 37.5. The van der Waals surface area contributed by atoms with Crippen molar-refractivity contribution in [2.24, 2.45) is 23.2 Å². The van der Waals surface area contributed by atoms with Gasteiger partial charge in [-0.1, -0.05) is 6.07 Å². The Kier molecular flexibility index (Phi) is 3.13. The number of Topliss-reactive ketones (excluding diaryl/α,β-unsaturated/α-hetero) is 1. The topological polar surface area (TPSA) is 30.0 Å². The number of thioether (sulfide) groups is 1. The van der Waals surface area contributed by atoms with Crippen LogP contribution in [0, 0.1) is 23.2 Å². The third kappa shape index (κ3) is 2.02. The summed E-state index contributed by atoms with van der Waals surface area (Å²) >= 11 is 1.75. The Hall–Kier alpha value is -0.830. The summed E-state index contributed by atoms with van der Waals surface area (Å²) in [4.78, 5) is 17.1. The molecule has 4 aliphatic carbocycles. The van der Waals surface area contributed by atoms with Gasteiger partial charge in [0.15, 0.2) is 0 Å². The number of carbonyl (C=O) groups is 1. The molecule has 2 atom stereocenters. The highest BCUT2D eigenvalue weighted by molar-refractivity contribution is 7.99. The zero-order valence-electron chi connectivity index (χ0n) is 11.8. The van der Waals surface area contributed by atoms with Crippen molar-refractivity contribution in [2.45, 2.75) is 37.9 Å². The summed E-state index contributed by atoms with van der Waals surface area (Å²) in [7, 11) is 0. The highest BCUT2D eigenvalue weighted by Crippen LogP contribution is 2.65. The number of aromatic nitrogens is 1. The molecule has 20 heavy (non-hydrogen) atoms. The van der Waals surface area contributed by atoms with Gasteiger partial charge in [0, 0.05) is 17.4 Å². The minimum absolute atomic E-state index is 0.102. The van der Waals surface area contributed by atoms with Crippen LogP contribution in [-0.4, -0.2) is 16.5 Å². The van der Waals surface area contributed by atoms with E-state index in [9.17, 15) is 4.79 Å². The molecule has 4 fully saturated rings. The molecule has 0 amide bonds. The Bertz CT molecular complexity index is 501. The molecule has 5 rings (SSSR count). The molecule has 4 bridgehead atoms. The van der Waals surface area contributed by atoms with Gasteiger partial charge in [-0.2, -0.15) is 0 Å². The van der Waals surface area contributed by atoms with Crippen LogP contribution < -0.4 is 0 Å². The third-order valence-electron chi connectivity index (χ3n) is 5.75. The predicted octanol–water partition coefficient (Wildman–Crippen LogP) is 3.71. The van der Waals surface area contributed by atoms with E-state index in [0.29, 0.717) is 11.5 Å². The van der Waals surface area contributed by atoms with E-state index in [2.05, 4.69) is 4.98 Å². The smallest absolute Gasteiger partial charge is 0.149 e. The number of pyridine rings is 1. The van der Waals surface area contributed by atoms with Gasteiger partial charge in [0.05, 0.1) is 11.4 Å². The maximum absolute atomic E-state index is 12.8. The zero-order valence-corrected chi connectivity index (χ0v) is 12.6. The van der Waals surface area contributed by atoms with E-state index in [1.165, 1.54) is 32.1 Å². The fourth-order valence-electron chi connectivity index (χ4n) is 5.13. The Balaban J connectivity index is 1.37. The quantitative estimate of drug-likeness (QED) is 0.827. The number of ketones is 1. The lowest BCUT2D eigenvalue weighted by Crippen LogP contribution is -2.34. The first kappa shape index (κ1) is 12.9. The lowest BCUT2D eigenvalue weighted by atomic mass is 9.73. The Morgan fingerprint density at radius 1 is 1.25 bits per heavy atom. The van der Waals surface area contributed by atoms with E-state index < -0.39 is 0 Å². The van der Waals surface area contributed by atoms with Gasteiger partial charge >= 0.3 is 0 Å². The van der Waals surface area contributed by atoms with Gasteiger partial charge in [0.2, 0.25) is 0 Å². The van der Waals surface area contributed by atoms with Crippen LogP contribution >= 0.6 is 11.8 Å². The molecular weight excluding hydrogens is 266 g/mol. The highest BCUT2D eigenvalue weighted by Gasteiger charge is 2.60. The van der Waals surface area contributed by atoms with E-state index in [1.807, 2.05) is 24.4 Å². The van der Waals surface area contributed by atoms with Crippen molar-refractivity contribution in [1.29, 1.82) is 0 Å². The van der Waals surface area contributed by atoms with Gasteiger partial charge in [-0.15, -0.1) is 11.8 Å². The standard InChI is InChI=1S/C17H21NOS/c19-16(11-20-10-15-3-1-2-4-18-15)17-8-12-5-13(9-17)7-14(17)6-12/h1-4,12-14H,5-11H2. The van der Waals surface area contributed by atoms with E-state index >= 15 is 0 Å². The van der Waals surface area contributed by atoms with Crippen molar-refractivity contribution in [3.8, 4) is 0 Å². The molecule has 2 unspecified atom stereocenters. The molecule has 0 radical (unpaired) electrons. The summed E-state index contributed by atoms with van der Waals surface area (Å²) in [5.74, 6) is 4.57. The van der Waals surface area contributed by atoms with Crippen LogP contribution in [0.15, 0.2) is 24.4 Å². The van der Waals surface area contributed by atoms with Crippen LogP contribution in [0.4, 0.5) is 0 Å². The number of rotatable bonds is 5. The molecule has 0 N–H and O–H groups in total. The van der Waals surface area contributed by atoms with Crippen LogP contribution in [0.2, 0.25) is 0 Å². The van der Waals surface area contributed by atoms with Crippen molar-refractivity contribution in [3.63, 3.8) is 0 Å². The number of hydrogen-bond acceptors (Lipinski definition) is 3. The zero-order chi connectivity index (χ0) is 13.6. The monoisotopic (exact) mass is 287 g/mol. The van der Waals surface area contributed by atoms with Gasteiger partial charge in [-0.05, 0) is 62.0 Å². The average Bonchev–Trinajstić information content (AvgIpc) is 2.86. The average molecular weight is 287 g/mol. The molecule has 0 spiro atoms. The van der Waals surface area contributed by atoms with Crippen LogP contribution in [0.3, 0.4) is 0 Å². The van der Waals surface area contributed by atoms with E-state index in [1.54, 1.807) is 11.8 Å². The fourth-order valence-corrected chi connectivity index (χ4v) is 6.08. The van der Waals surface area contributed by atoms with Crippen molar-refractivity contribution in [1.82, 2.24) is 4.98 Å².